The lowest BCUT2D eigenvalue weighted by atomic mass is 9.75. The number of phenols is 2. The van der Waals surface area contributed by atoms with E-state index in [1.807, 2.05) is 74.5 Å². The Balaban J connectivity index is 1.83. The van der Waals surface area contributed by atoms with Crippen LogP contribution in [0.15, 0.2) is 97.1 Å². The molecule has 0 saturated carbocycles. The average Bonchev–Trinajstić information content (AvgIpc) is 2.75. The summed E-state index contributed by atoms with van der Waals surface area (Å²) in [6, 6.07) is 31.5. The van der Waals surface area contributed by atoms with Crippen LogP contribution >= 0.6 is 0 Å². The van der Waals surface area contributed by atoms with Crippen molar-refractivity contribution in [2.75, 3.05) is 0 Å². The van der Waals surface area contributed by atoms with E-state index in [4.69, 9.17) is 0 Å². The van der Waals surface area contributed by atoms with E-state index < -0.39 is 5.41 Å². The lowest BCUT2D eigenvalue weighted by Crippen LogP contribution is -2.19. The molecule has 0 amide bonds. The fourth-order valence-corrected chi connectivity index (χ4v) is 3.84. The summed E-state index contributed by atoms with van der Waals surface area (Å²) in [4.78, 5) is 0. The largest absolute Gasteiger partial charge is 0.508 e. The maximum absolute atomic E-state index is 10.7. The Bertz CT molecular complexity index is 1040. The highest BCUT2D eigenvalue weighted by Crippen LogP contribution is 2.43. The summed E-state index contributed by atoms with van der Waals surface area (Å²) in [7, 11) is 0. The van der Waals surface area contributed by atoms with Gasteiger partial charge in [-0.2, -0.15) is 0 Å². The summed E-state index contributed by atoms with van der Waals surface area (Å²) in [6.07, 6.45) is 0. The number of phenolic OH excluding ortho intramolecular Hbond substituents is 2. The Labute approximate surface area is 171 Å². The Morgan fingerprint density at radius 1 is 0.483 bits per heavy atom. The van der Waals surface area contributed by atoms with Crippen molar-refractivity contribution in [2.45, 2.75) is 19.3 Å². The standard InChI is InChI=1S/C27H24O2/c1-27(2,23-17-21(13-15-25(23)28)19-9-5-3-6-10-19)24-18-22(14-16-26(24)29)20-11-7-4-8-12-20/h3-18,28-29H,1-2H3. The third-order valence-electron chi connectivity index (χ3n) is 5.55. The lowest BCUT2D eigenvalue weighted by Gasteiger charge is -2.29. The van der Waals surface area contributed by atoms with Gasteiger partial charge in [0.1, 0.15) is 11.5 Å². The second-order valence-electron chi connectivity index (χ2n) is 7.82. The predicted octanol–water partition coefficient (Wildman–Crippen LogP) is 6.76. The molecule has 4 aromatic rings. The van der Waals surface area contributed by atoms with Gasteiger partial charge in [0, 0.05) is 16.5 Å². The number of aromatic hydroxyl groups is 2. The van der Waals surface area contributed by atoms with Gasteiger partial charge in [0.15, 0.2) is 0 Å². The van der Waals surface area contributed by atoms with Crippen LogP contribution in [0.1, 0.15) is 25.0 Å². The minimum Gasteiger partial charge on any atom is -0.508 e. The van der Waals surface area contributed by atoms with Crippen LogP contribution in [0.2, 0.25) is 0 Å². The molecule has 4 rings (SSSR count). The molecule has 2 nitrogen and oxygen atoms in total. The van der Waals surface area contributed by atoms with E-state index in [0.29, 0.717) is 0 Å². The molecule has 0 saturated heterocycles. The monoisotopic (exact) mass is 380 g/mol. The third-order valence-corrected chi connectivity index (χ3v) is 5.55. The third kappa shape index (κ3) is 3.62. The van der Waals surface area contributed by atoms with E-state index in [0.717, 1.165) is 33.4 Å². The molecule has 4 aromatic carbocycles. The highest BCUT2D eigenvalue weighted by molar-refractivity contribution is 5.69. The fraction of sp³-hybridized carbons (Fsp3) is 0.111. The van der Waals surface area contributed by atoms with Crippen LogP contribution < -0.4 is 0 Å². The first kappa shape index (κ1) is 18.8. The summed E-state index contributed by atoms with van der Waals surface area (Å²) in [5, 5.41) is 21.3. The van der Waals surface area contributed by atoms with Gasteiger partial charge in [0.05, 0.1) is 0 Å². The molecule has 0 heterocycles. The molecular weight excluding hydrogens is 356 g/mol. The molecule has 0 radical (unpaired) electrons. The molecule has 0 aliphatic heterocycles. The minimum atomic E-state index is -0.594. The maximum Gasteiger partial charge on any atom is 0.119 e. The molecule has 0 unspecified atom stereocenters. The Morgan fingerprint density at radius 3 is 1.24 bits per heavy atom. The number of benzene rings is 4. The normalized spacial score (nSPS) is 11.4. The Morgan fingerprint density at radius 2 is 0.862 bits per heavy atom. The van der Waals surface area contributed by atoms with Gasteiger partial charge in [-0.3, -0.25) is 0 Å². The van der Waals surface area contributed by atoms with Crippen LogP contribution in [0.25, 0.3) is 22.3 Å². The van der Waals surface area contributed by atoms with Crippen molar-refractivity contribution in [2.24, 2.45) is 0 Å². The summed E-state index contributed by atoms with van der Waals surface area (Å²) in [5.41, 5.74) is 5.21. The van der Waals surface area contributed by atoms with E-state index in [2.05, 4.69) is 24.3 Å². The molecule has 144 valence electrons. The molecule has 0 bridgehead atoms. The Hall–Kier alpha value is -3.52. The molecule has 29 heavy (non-hydrogen) atoms. The van der Waals surface area contributed by atoms with Crippen LogP contribution in [-0.4, -0.2) is 10.2 Å². The Kier molecular flexibility index (Phi) is 4.85. The van der Waals surface area contributed by atoms with Gasteiger partial charge < -0.3 is 10.2 Å². The summed E-state index contributed by atoms with van der Waals surface area (Å²) >= 11 is 0. The zero-order valence-electron chi connectivity index (χ0n) is 16.6. The SMILES string of the molecule is CC(C)(c1cc(-c2ccccc2)ccc1O)c1cc(-c2ccccc2)ccc1O. The predicted molar refractivity (Wildman–Crippen MR) is 119 cm³/mol. The molecule has 0 aromatic heterocycles. The fourth-order valence-electron chi connectivity index (χ4n) is 3.84. The topological polar surface area (TPSA) is 40.5 Å². The highest BCUT2D eigenvalue weighted by atomic mass is 16.3. The van der Waals surface area contributed by atoms with Crippen molar-refractivity contribution >= 4 is 0 Å². The van der Waals surface area contributed by atoms with Gasteiger partial charge in [-0.15, -0.1) is 0 Å². The van der Waals surface area contributed by atoms with Crippen molar-refractivity contribution in [3.05, 3.63) is 108 Å². The zero-order valence-corrected chi connectivity index (χ0v) is 16.6. The van der Waals surface area contributed by atoms with Crippen molar-refractivity contribution in [3.63, 3.8) is 0 Å². The lowest BCUT2D eigenvalue weighted by molar-refractivity contribution is 0.436. The summed E-state index contributed by atoms with van der Waals surface area (Å²) in [6.45, 7) is 4.06. The van der Waals surface area contributed by atoms with Crippen LogP contribution in [0.3, 0.4) is 0 Å². The maximum atomic E-state index is 10.7. The van der Waals surface area contributed by atoms with Gasteiger partial charge >= 0.3 is 0 Å². The van der Waals surface area contributed by atoms with Crippen LogP contribution in [0, 0.1) is 0 Å². The van der Waals surface area contributed by atoms with Crippen molar-refractivity contribution in [1.29, 1.82) is 0 Å². The molecule has 0 atom stereocenters. The molecule has 2 heteroatoms. The van der Waals surface area contributed by atoms with Crippen LogP contribution in [0.5, 0.6) is 11.5 Å². The van der Waals surface area contributed by atoms with Crippen molar-refractivity contribution in [3.8, 4) is 33.8 Å². The van der Waals surface area contributed by atoms with E-state index in [1.54, 1.807) is 12.1 Å². The number of hydrogen-bond acceptors (Lipinski definition) is 2. The molecule has 2 N–H and O–H groups in total. The molecular formula is C27H24O2. The van der Waals surface area contributed by atoms with E-state index in [-0.39, 0.29) is 11.5 Å². The van der Waals surface area contributed by atoms with Crippen molar-refractivity contribution < 1.29 is 10.2 Å². The highest BCUT2D eigenvalue weighted by Gasteiger charge is 2.29. The van der Waals surface area contributed by atoms with E-state index in [1.165, 1.54) is 0 Å². The first-order valence-electron chi connectivity index (χ1n) is 9.74. The van der Waals surface area contributed by atoms with E-state index in [9.17, 15) is 10.2 Å². The van der Waals surface area contributed by atoms with Gasteiger partial charge in [0.2, 0.25) is 0 Å². The first-order chi connectivity index (χ1) is 14.0. The van der Waals surface area contributed by atoms with Crippen LogP contribution in [0.4, 0.5) is 0 Å². The zero-order chi connectivity index (χ0) is 20.4. The van der Waals surface area contributed by atoms with E-state index >= 15 is 0 Å². The van der Waals surface area contributed by atoms with Gasteiger partial charge in [-0.1, -0.05) is 86.6 Å². The quantitative estimate of drug-likeness (QED) is 0.411. The first-order valence-corrected chi connectivity index (χ1v) is 9.74. The minimum absolute atomic E-state index is 0.221. The smallest absolute Gasteiger partial charge is 0.119 e. The second kappa shape index (κ2) is 7.48. The molecule has 0 aliphatic rings. The second-order valence-corrected chi connectivity index (χ2v) is 7.82. The molecule has 0 aliphatic carbocycles. The van der Waals surface area contributed by atoms with Gasteiger partial charge in [0.25, 0.3) is 0 Å². The summed E-state index contributed by atoms with van der Waals surface area (Å²) < 4.78 is 0. The van der Waals surface area contributed by atoms with Crippen molar-refractivity contribution in [1.82, 2.24) is 0 Å². The van der Waals surface area contributed by atoms with Gasteiger partial charge in [-0.25, -0.2) is 0 Å². The van der Waals surface area contributed by atoms with Crippen LogP contribution in [-0.2, 0) is 5.41 Å². The average molecular weight is 380 g/mol. The number of hydrogen-bond donors (Lipinski definition) is 2. The van der Waals surface area contributed by atoms with Gasteiger partial charge in [-0.05, 0) is 46.5 Å². The molecule has 0 spiro atoms. The number of rotatable bonds is 4. The summed E-state index contributed by atoms with van der Waals surface area (Å²) in [5.74, 6) is 0.443. The molecule has 0 fully saturated rings.